The molecular weight excluding hydrogens is 252 g/mol. The summed E-state index contributed by atoms with van der Waals surface area (Å²) >= 11 is 3.44. The Morgan fingerprint density at radius 1 is 1.40 bits per heavy atom. The molecule has 1 rings (SSSR count). The molecule has 0 unspecified atom stereocenters. The van der Waals surface area contributed by atoms with Crippen LogP contribution in [0.3, 0.4) is 0 Å². The van der Waals surface area contributed by atoms with E-state index in [0.717, 1.165) is 23.4 Å². The van der Waals surface area contributed by atoms with Crippen LogP contribution in [0, 0.1) is 6.92 Å². The third-order valence-electron chi connectivity index (χ3n) is 2.06. The van der Waals surface area contributed by atoms with Gasteiger partial charge in [0.1, 0.15) is 5.82 Å². The molecule has 2 nitrogen and oxygen atoms in total. The van der Waals surface area contributed by atoms with E-state index in [0.29, 0.717) is 0 Å². The zero-order valence-corrected chi connectivity index (χ0v) is 10.5. The molecule has 0 amide bonds. The minimum Gasteiger partial charge on any atom is -0.349 e. The van der Waals surface area contributed by atoms with Crippen LogP contribution < -0.4 is 4.90 Å². The molecule has 0 aliphatic heterocycles. The van der Waals surface area contributed by atoms with E-state index in [1.165, 1.54) is 5.56 Å². The Bertz CT molecular complexity index is 351. The average molecular weight is 267 g/mol. The lowest BCUT2D eigenvalue weighted by atomic mass is 10.3. The van der Waals surface area contributed by atoms with Gasteiger partial charge in [-0.15, -0.1) is 13.2 Å². The summed E-state index contributed by atoms with van der Waals surface area (Å²) in [5.41, 5.74) is 1.18. The number of pyridine rings is 1. The van der Waals surface area contributed by atoms with Crippen LogP contribution in [0.2, 0.25) is 0 Å². The van der Waals surface area contributed by atoms with E-state index in [1.807, 2.05) is 18.3 Å². The summed E-state index contributed by atoms with van der Waals surface area (Å²) in [6.45, 7) is 11.1. The number of aryl methyl sites for hydroxylation is 1. The molecule has 0 saturated heterocycles. The fourth-order valence-corrected chi connectivity index (χ4v) is 1.49. The minimum atomic E-state index is 0.778. The minimum absolute atomic E-state index is 0.778. The number of hydrogen-bond donors (Lipinski definition) is 0. The second-order valence-corrected chi connectivity index (χ2v) is 4.13. The third-order valence-corrected chi connectivity index (χ3v) is 2.89. The second-order valence-electron chi connectivity index (χ2n) is 3.27. The average Bonchev–Trinajstić information content (AvgIpc) is 2.22. The second kappa shape index (κ2) is 5.71. The predicted octanol–water partition coefficient (Wildman–Crippen LogP) is 3.33. The van der Waals surface area contributed by atoms with Crippen LogP contribution >= 0.6 is 15.9 Å². The molecule has 0 spiro atoms. The van der Waals surface area contributed by atoms with Crippen molar-refractivity contribution in [1.29, 1.82) is 0 Å². The highest BCUT2D eigenvalue weighted by Gasteiger charge is 2.05. The van der Waals surface area contributed by atoms with Crippen molar-refractivity contribution in [3.63, 3.8) is 0 Å². The van der Waals surface area contributed by atoms with E-state index in [4.69, 9.17) is 0 Å². The summed E-state index contributed by atoms with van der Waals surface area (Å²) < 4.78 is 1.03. The lowest BCUT2D eigenvalue weighted by Crippen LogP contribution is -2.24. The summed E-state index contributed by atoms with van der Waals surface area (Å²) in [5.74, 6) is 0.954. The van der Waals surface area contributed by atoms with Gasteiger partial charge in [0.05, 0.1) is 0 Å². The summed E-state index contributed by atoms with van der Waals surface area (Å²) in [5, 5.41) is 0. The molecule has 0 aromatic carbocycles. The fraction of sp³-hybridized carbons (Fsp3) is 0.250. The molecule has 0 N–H and O–H groups in total. The smallest absolute Gasteiger partial charge is 0.129 e. The first-order chi connectivity index (χ1) is 7.19. The Morgan fingerprint density at radius 2 is 2.00 bits per heavy atom. The van der Waals surface area contributed by atoms with Gasteiger partial charge in [0.2, 0.25) is 0 Å². The van der Waals surface area contributed by atoms with Crippen LogP contribution in [-0.2, 0) is 0 Å². The Labute approximate surface area is 99.5 Å². The van der Waals surface area contributed by atoms with Crippen LogP contribution in [0.25, 0.3) is 0 Å². The maximum Gasteiger partial charge on any atom is 0.129 e. The fourth-order valence-electron chi connectivity index (χ4n) is 1.27. The highest BCUT2D eigenvalue weighted by atomic mass is 79.9. The van der Waals surface area contributed by atoms with Gasteiger partial charge in [-0.1, -0.05) is 12.2 Å². The van der Waals surface area contributed by atoms with Gasteiger partial charge in [0.25, 0.3) is 0 Å². The standard InChI is InChI=1S/C12H15BrN2/c1-4-6-15(7-5-2)12-8-10(3)11(13)9-14-12/h4-5,8-9H,1-2,6-7H2,3H3. The van der Waals surface area contributed by atoms with Crippen LogP contribution in [0.4, 0.5) is 5.82 Å². The van der Waals surface area contributed by atoms with E-state index in [1.54, 1.807) is 0 Å². The largest absolute Gasteiger partial charge is 0.349 e. The Kier molecular flexibility index (Phi) is 4.56. The van der Waals surface area contributed by atoms with Gasteiger partial charge in [-0.25, -0.2) is 4.98 Å². The Morgan fingerprint density at radius 3 is 2.47 bits per heavy atom. The maximum atomic E-state index is 4.36. The Hall–Kier alpha value is -1.09. The van der Waals surface area contributed by atoms with Gasteiger partial charge in [0, 0.05) is 23.8 Å². The molecule has 3 heteroatoms. The van der Waals surface area contributed by atoms with Gasteiger partial charge in [-0.3, -0.25) is 0 Å². The van der Waals surface area contributed by atoms with Crippen molar-refractivity contribution in [1.82, 2.24) is 4.98 Å². The lowest BCUT2D eigenvalue weighted by molar-refractivity contribution is 0.923. The maximum absolute atomic E-state index is 4.36. The Balaban J connectivity index is 2.94. The van der Waals surface area contributed by atoms with Crippen molar-refractivity contribution in [2.75, 3.05) is 18.0 Å². The van der Waals surface area contributed by atoms with E-state index in [2.05, 4.69) is 52.0 Å². The van der Waals surface area contributed by atoms with Crippen molar-refractivity contribution < 1.29 is 0 Å². The highest BCUT2D eigenvalue weighted by Crippen LogP contribution is 2.19. The molecule has 15 heavy (non-hydrogen) atoms. The molecule has 0 aliphatic carbocycles. The SMILES string of the molecule is C=CCN(CC=C)c1cc(C)c(Br)cn1. The van der Waals surface area contributed by atoms with Crippen molar-refractivity contribution in [3.05, 3.63) is 47.6 Å². The van der Waals surface area contributed by atoms with E-state index >= 15 is 0 Å². The van der Waals surface area contributed by atoms with Crippen LogP contribution in [0.5, 0.6) is 0 Å². The number of aromatic nitrogens is 1. The van der Waals surface area contributed by atoms with Crippen LogP contribution in [0.1, 0.15) is 5.56 Å². The normalized spacial score (nSPS) is 9.73. The van der Waals surface area contributed by atoms with Crippen molar-refractivity contribution in [3.8, 4) is 0 Å². The van der Waals surface area contributed by atoms with Crippen molar-refractivity contribution in [2.45, 2.75) is 6.92 Å². The molecule has 0 saturated carbocycles. The van der Waals surface area contributed by atoms with Gasteiger partial charge in [-0.05, 0) is 34.5 Å². The molecule has 1 heterocycles. The third kappa shape index (κ3) is 3.20. The van der Waals surface area contributed by atoms with Crippen LogP contribution in [-0.4, -0.2) is 18.1 Å². The lowest BCUT2D eigenvalue weighted by Gasteiger charge is -2.20. The van der Waals surface area contributed by atoms with E-state index in [-0.39, 0.29) is 0 Å². The first kappa shape index (κ1) is 12.0. The molecule has 80 valence electrons. The van der Waals surface area contributed by atoms with Crippen molar-refractivity contribution in [2.24, 2.45) is 0 Å². The first-order valence-corrected chi connectivity index (χ1v) is 5.57. The van der Waals surface area contributed by atoms with E-state index < -0.39 is 0 Å². The first-order valence-electron chi connectivity index (χ1n) is 4.78. The monoisotopic (exact) mass is 266 g/mol. The quantitative estimate of drug-likeness (QED) is 0.761. The summed E-state index contributed by atoms with van der Waals surface area (Å²) in [7, 11) is 0. The summed E-state index contributed by atoms with van der Waals surface area (Å²) in [6, 6.07) is 2.05. The molecule has 0 aliphatic rings. The summed E-state index contributed by atoms with van der Waals surface area (Å²) in [4.78, 5) is 6.47. The molecule has 0 bridgehead atoms. The van der Waals surface area contributed by atoms with Crippen LogP contribution in [0.15, 0.2) is 42.0 Å². The number of nitrogens with zero attached hydrogens (tertiary/aromatic N) is 2. The number of halogens is 1. The van der Waals surface area contributed by atoms with Gasteiger partial charge in [-0.2, -0.15) is 0 Å². The summed E-state index contributed by atoms with van der Waals surface area (Å²) in [6.07, 6.45) is 5.55. The number of hydrogen-bond acceptors (Lipinski definition) is 2. The molecule has 0 fully saturated rings. The molecule has 0 atom stereocenters. The van der Waals surface area contributed by atoms with Gasteiger partial charge < -0.3 is 4.90 Å². The zero-order chi connectivity index (χ0) is 11.3. The number of anilines is 1. The van der Waals surface area contributed by atoms with E-state index in [9.17, 15) is 0 Å². The van der Waals surface area contributed by atoms with Crippen molar-refractivity contribution >= 4 is 21.7 Å². The molecule has 1 aromatic rings. The molecule has 1 aromatic heterocycles. The molecule has 0 radical (unpaired) electrons. The van der Waals surface area contributed by atoms with Gasteiger partial charge in [0.15, 0.2) is 0 Å². The zero-order valence-electron chi connectivity index (χ0n) is 8.91. The van der Waals surface area contributed by atoms with Gasteiger partial charge >= 0.3 is 0 Å². The molecular formula is C12H15BrN2. The topological polar surface area (TPSA) is 16.1 Å². The number of rotatable bonds is 5. The predicted molar refractivity (Wildman–Crippen MR) is 69.3 cm³/mol. The highest BCUT2D eigenvalue weighted by molar-refractivity contribution is 9.10.